The average Bonchev–Trinajstić information content (AvgIpc) is 3.28. The van der Waals surface area contributed by atoms with Crippen LogP contribution in [0.2, 0.25) is 0 Å². The van der Waals surface area contributed by atoms with Gasteiger partial charge >= 0.3 is 29.9 Å². The zero-order chi connectivity index (χ0) is 48.9. The minimum absolute atomic E-state index is 0.805. The number of hydrogen-bond acceptors (Lipinski definition) is 30. The Morgan fingerprint density at radius 3 is 1.55 bits per heavy atom. The second-order valence-corrected chi connectivity index (χ2v) is 15.0. The zero-order valence-electron chi connectivity index (χ0n) is 34.3. The summed E-state index contributed by atoms with van der Waals surface area (Å²) in [5, 5.41) is 147. The van der Waals surface area contributed by atoms with Crippen LogP contribution in [0.5, 0.6) is 5.75 Å². The largest absolute Gasteiger partial charge is 0.484 e. The first kappa shape index (κ1) is 53.0. The molecule has 1 aromatic rings. The molecule has 1 aromatic carbocycles. The molecule has 4 aliphatic rings. The fourth-order valence-corrected chi connectivity index (χ4v) is 7.16. The van der Waals surface area contributed by atoms with Crippen molar-refractivity contribution in [3.05, 3.63) is 29.3 Å². The third-order valence-corrected chi connectivity index (χ3v) is 10.4. The minimum atomic E-state index is -3.44. The Morgan fingerprint density at radius 2 is 1.00 bits per heavy atom. The number of carbonyl (C=O) groups excluding carboxylic acids is 4. The molecule has 0 aromatic heterocycles. The van der Waals surface area contributed by atoms with Crippen molar-refractivity contribution in [3.8, 4) is 5.75 Å². The van der Waals surface area contributed by atoms with Gasteiger partial charge in [-0.1, -0.05) is 6.07 Å². The Bertz CT molecular complexity index is 1810. The molecule has 0 bridgehead atoms. The molecule has 0 spiro atoms. The zero-order valence-corrected chi connectivity index (χ0v) is 34.3. The van der Waals surface area contributed by atoms with Gasteiger partial charge < -0.3 is 109 Å². The van der Waals surface area contributed by atoms with Crippen molar-refractivity contribution in [2.24, 2.45) is 0 Å². The molecule has 0 aliphatic carbocycles. The maximum Gasteiger partial charge on any atom is 0.390 e. The Balaban J connectivity index is 1.53. The summed E-state index contributed by atoms with van der Waals surface area (Å²) in [4.78, 5) is 66.9. The van der Waals surface area contributed by atoms with Crippen LogP contribution in [0.1, 0.15) is 34.6 Å². The molecule has 0 amide bonds. The van der Waals surface area contributed by atoms with Crippen molar-refractivity contribution in [3.63, 3.8) is 0 Å². The van der Waals surface area contributed by atoms with Crippen LogP contribution >= 0.6 is 0 Å². The van der Waals surface area contributed by atoms with E-state index in [1.807, 2.05) is 0 Å². The van der Waals surface area contributed by atoms with Gasteiger partial charge in [-0.25, -0.2) is 38.7 Å². The highest BCUT2D eigenvalue weighted by Crippen LogP contribution is 2.37. The first-order chi connectivity index (χ1) is 31.1. The maximum absolute atomic E-state index is 13.4. The van der Waals surface area contributed by atoms with Crippen molar-refractivity contribution in [2.75, 3.05) is 26.4 Å². The Kier molecular flexibility index (Phi) is 18.0. The first-order valence-corrected chi connectivity index (χ1v) is 19.6. The highest BCUT2D eigenvalue weighted by Gasteiger charge is 2.58. The van der Waals surface area contributed by atoms with Crippen LogP contribution in [0, 0.1) is 0 Å². The minimum Gasteiger partial charge on any atom is -0.484 e. The average molecular weight is 963 g/mol. The van der Waals surface area contributed by atoms with E-state index in [4.69, 9.17) is 37.9 Å². The summed E-state index contributed by atoms with van der Waals surface area (Å²) in [7, 11) is 0. The van der Waals surface area contributed by atoms with Gasteiger partial charge in [0.25, 0.3) is 0 Å². The van der Waals surface area contributed by atoms with E-state index >= 15 is 0 Å². The van der Waals surface area contributed by atoms with Crippen LogP contribution in [0.3, 0.4) is 0 Å². The van der Waals surface area contributed by atoms with Crippen molar-refractivity contribution >= 4 is 23.9 Å². The summed E-state index contributed by atoms with van der Waals surface area (Å²) in [5.74, 6) is -9.79. The van der Waals surface area contributed by atoms with E-state index in [-0.39, 0.29) is 0 Å². The lowest BCUT2D eigenvalue weighted by atomic mass is 9.95. The lowest BCUT2D eigenvalue weighted by Crippen LogP contribution is -2.69. The van der Waals surface area contributed by atoms with Crippen LogP contribution in [-0.4, -0.2) is 244 Å². The number of aliphatic hydroxyl groups is 14. The van der Waals surface area contributed by atoms with Crippen molar-refractivity contribution in [2.45, 2.75) is 136 Å². The van der Waals surface area contributed by atoms with E-state index < -0.39 is 190 Å². The molecule has 4 heterocycles. The van der Waals surface area contributed by atoms with Gasteiger partial charge in [0.05, 0.1) is 32.0 Å². The van der Waals surface area contributed by atoms with Crippen LogP contribution in [0.15, 0.2) is 18.2 Å². The molecule has 4 fully saturated rings. The number of hydrogen-bond donors (Lipinski definition) is 14. The molecule has 0 saturated carbocycles. The highest BCUT2D eigenvalue weighted by atomic mass is 17.2. The molecule has 4 saturated heterocycles. The van der Waals surface area contributed by atoms with Gasteiger partial charge in [-0.3, -0.25) is 0 Å². The summed E-state index contributed by atoms with van der Waals surface area (Å²) >= 11 is 0. The smallest absolute Gasteiger partial charge is 0.390 e. The quantitative estimate of drug-likeness (QED) is 0.0468. The Morgan fingerprint density at radius 1 is 0.530 bits per heavy atom. The number of ether oxygens (including phenoxy) is 8. The third-order valence-electron chi connectivity index (χ3n) is 10.4. The molecule has 0 radical (unpaired) electrons. The molecule has 30 heteroatoms. The summed E-state index contributed by atoms with van der Waals surface area (Å²) in [6.07, 6.45) is -39.0. The second-order valence-electron chi connectivity index (χ2n) is 15.0. The van der Waals surface area contributed by atoms with E-state index in [2.05, 4.69) is 19.6 Å². The van der Waals surface area contributed by atoms with Crippen LogP contribution in [0.25, 0.3) is 0 Å². The van der Waals surface area contributed by atoms with E-state index in [1.165, 1.54) is 0 Å². The van der Waals surface area contributed by atoms with E-state index in [0.29, 0.717) is 0 Å². The third kappa shape index (κ3) is 11.5. The predicted molar refractivity (Wildman–Crippen MR) is 194 cm³/mol. The van der Waals surface area contributed by atoms with Gasteiger partial charge in [-0.2, -0.15) is 0 Å². The molecule has 5 rings (SSSR count). The van der Waals surface area contributed by atoms with Gasteiger partial charge in [0.1, 0.15) is 96.8 Å². The molecule has 66 heavy (non-hydrogen) atoms. The highest BCUT2D eigenvalue weighted by molar-refractivity contribution is 6.05. The van der Waals surface area contributed by atoms with Crippen molar-refractivity contribution in [1.29, 1.82) is 0 Å². The second kappa shape index (κ2) is 22.4. The molecule has 30 nitrogen and oxygen atoms in total. The summed E-state index contributed by atoms with van der Waals surface area (Å²) in [6.45, 7) is -2.58. The Hall–Kier alpha value is -3.94. The van der Waals surface area contributed by atoms with Crippen molar-refractivity contribution in [1.82, 2.24) is 0 Å². The van der Waals surface area contributed by atoms with Crippen molar-refractivity contribution < 1.29 is 148 Å². The fourth-order valence-electron chi connectivity index (χ4n) is 7.16. The standard InChI is InChI=1S/C36H50O30/c1-10(41)63-65-31(51)12-4-3-5-13(18(12)32(52)66-64-11(2)42)55-29-25(49)35(60-27-17(9-40)62-36(53,54)30(50)24(27)48)58-16(8-39)28(29)61-34-23(47)21(45)26(15(7-38)57-34)59-33-22(46)20(44)19(43)14(6-37)56-33/h3-5,14-17,19-30,33-35,37-40,43-50,53-54H,6-9H2,1-2H3/t14-,15-,16-,17-,19-,20+,21-,22-,23-,24+,25-,26-,27-,28+,29-,30-,33+,34+,35+/m1/s1. The number of benzene rings is 1. The maximum atomic E-state index is 13.4. The molecule has 374 valence electrons. The topological polar surface area (TPSA) is 462 Å². The van der Waals surface area contributed by atoms with E-state index in [0.717, 1.165) is 32.0 Å². The van der Waals surface area contributed by atoms with Gasteiger partial charge in [-0.05, 0) is 12.1 Å². The van der Waals surface area contributed by atoms with Crippen LogP contribution in [-0.2, 0) is 62.3 Å². The summed E-state index contributed by atoms with van der Waals surface area (Å²) < 4.78 is 44.7. The lowest BCUT2D eigenvalue weighted by Gasteiger charge is -2.50. The van der Waals surface area contributed by atoms with E-state index in [1.54, 1.807) is 0 Å². The van der Waals surface area contributed by atoms with Gasteiger partial charge in [0.2, 0.25) is 0 Å². The first-order valence-electron chi connectivity index (χ1n) is 19.6. The normalized spacial score (nSPS) is 39.0. The van der Waals surface area contributed by atoms with Gasteiger partial charge in [-0.15, -0.1) is 0 Å². The SMILES string of the molecule is CC(=O)OOC(=O)c1cccc(O[C@@H]2[C@@H](O)[C@H](O[C@H]3[C@H](O)[C@@H](O)C(O)(O)O[C@@H]3CO)O[C@H](CO)[C@@H]2O[C@@H]2O[C@H](CO)[C@@H](O[C@@H]3O[C@H](CO)[C@@H](O)[C@H](O)[C@H]3O)[C@H](O)[C@H]2O)c1C(=O)OOC(C)=O. The molecule has 0 unspecified atom stereocenters. The molecular formula is C36H50O30. The van der Waals surface area contributed by atoms with Gasteiger partial charge in [0, 0.05) is 13.8 Å². The lowest BCUT2D eigenvalue weighted by molar-refractivity contribution is -0.447. The molecule has 14 N–H and O–H groups in total. The predicted octanol–water partition coefficient (Wildman–Crippen LogP) is -9.07. The molecular weight excluding hydrogens is 912 g/mol. The summed E-state index contributed by atoms with van der Waals surface area (Å²) in [5.41, 5.74) is -1.80. The molecule has 4 aliphatic heterocycles. The molecule has 19 atom stereocenters. The van der Waals surface area contributed by atoms with Crippen LogP contribution in [0.4, 0.5) is 0 Å². The summed E-state index contributed by atoms with van der Waals surface area (Å²) in [6, 6.07) is 2.87. The van der Waals surface area contributed by atoms with Crippen LogP contribution < -0.4 is 4.74 Å². The number of aliphatic hydroxyl groups excluding tert-OH is 12. The number of carbonyl (C=O) groups is 4. The monoisotopic (exact) mass is 962 g/mol. The van der Waals surface area contributed by atoms with E-state index in [9.17, 15) is 90.7 Å². The Labute approximate surface area is 369 Å². The fraction of sp³-hybridized carbons (Fsp3) is 0.722. The van der Waals surface area contributed by atoms with Gasteiger partial charge in [0.15, 0.2) is 31.1 Å². The number of rotatable bonds is 14.